The number of carbonyl (C=O) groups is 1. The molecule has 0 spiro atoms. The van der Waals surface area contributed by atoms with E-state index in [-0.39, 0.29) is 12.6 Å². The molecule has 110 valence electrons. The van der Waals surface area contributed by atoms with Gasteiger partial charge in [-0.1, -0.05) is 30.3 Å². The van der Waals surface area contributed by atoms with E-state index in [0.717, 1.165) is 11.1 Å². The number of rotatable bonds is 5. The fraction of sp³-hybridized carbons (Fsp3) is 0.250. The highest BCUT2D eigenvalue weighted by Gasteiger charge is 2.08. The Balaban J connectivity index is 1.77. The fourth-order valence-electron chi connectivity index (χ4n) is 1.95. The number of anilines is 1. The fourth-order valence-corrected chi connectivity index (χ4v) is 1.95. The van der Waals surface area contributed by atoms with Gasteiger partial charge in [0.05, 0.1) is 6.10 Å². The molecule has 0 aliphatic heterocycles. The van der Waals surface area contributed by atoms with Crippen LogP contribution in [0.4, 0.5) is 10.5 Å². The van der Waals surface area contributed by atoms with E-state index in [4.69, 9.17) is 0 Å². The minimum absolute atomic E-state index is 0.199. The lowest BCUT2D eigenvalue weighted by molar-refractivity contribution is 0.172. The number of aliphatic hydroxyl groups excluding tert-OH is 1. The minimum atomic E-state index is -0.614. The topological polar surface area (TPSA) is 74.2 Å². The molecule has 2 rings (SSSR count). The molecule has 0 saturated heterocycles. The summed E-state index contributed by atoms with van der Waals surface area (Å²) in [5, 5.41) is 15.3. The van der Waals surface area contributed by atoms with Crippen molar-refractivity contribution in [2.45, 2.75) is 19.4 Å². The first-order valence-corrected chi connectivity index (χ1v) is 6.82. The number of benzene rings is 1. The summed E-state index contributed by atoms with van der Waals surface area (Å²) in [7, 11) is 0. The maximum absolute atomic E-state index is 11.8. The summed E-state index contributed by atoms with van der Waals surface area (Å²) < 4.78 is 0. The Morgan fingerprint density at radius 3 is 2.76 bits per heavy atom. The van der Waals surface area contributed by atoms with Gasteiger partial charge in [0.15, 0.2) is 0 Å². The number of nitrogens with one attached hydrogen (secondary N) is 2. The van der Waals surface area contributed by atoms with Crippen LogP contribution >= 0.6 is 0 Å². The van der Waals surface area contributed by atoms with E-state index in [9.17, 15) is 9.90 Å². The predicted molar refractivity (Wildman–Crippen MR) is 82.1 cm³/mol. The summed E-state index contributed by atoms with van der Waals surface area (Å²) in [6, 6.07) is 11.1. The van der Waals surface area contributed by atoms with Crippen LogP contribution in [0.3, 0.4) is 0 Å². The van der Waals surface area contributed by atoms with Crippen molar-refractivity contribution in [3.05, 3.63) is 59.9 Å². The Morgan fingerprint density at radius 1 is 1.29 bits per heavy atom. The summed E-state index contributed by atoms with van der Waals surface area (Å²) in [5.41, 5.74) is 2.63. The normalized spacial score (nSPS) is 11.7. The molecule has 5 heteroatoms. The van der Waals surface area contributed by atoms with Gasteiger partial charge in [-0.15, -0.1) is 0 Å². The number of pyridine rings is 1. The summed E-state index contributed by atoms with van der Waals surface area (Å²) in [6.07, 6.45) is 3.19. The quantitative estimate of drug-likeness (QED) is 0.787. The van der Waals surface area contributed by atoms with Crippen molar-refractivity contribution in [1.82, 2.24) is 10.3 Å². The molecule has 3 N–H and O–H groups in total. The second-order valence-corrected chi connectivity index (χ2v) is 4.87. The molecular weight excluding hydrogens is 266 g/mol. The van der Waals surface area contributed by atoms with Crippen LogP contribution < -0.4 is 10.6 Å². The smallest absolute Gasteiger partial charge is 0.319 e. The third-order valence-corrected chi connectivity index (χ3v) is 3.08. The lowest BCUT2D eigenvalue weighted by atomic mass is 10.1. The third-order valence-electron chi connectivity index (χ3n) is 3.08. The zero-order valence-electron chi connectivity index (χ0n) is 11.9. The molecule has 0 fully saturated rings. The van der Waals surface area contributed by atoms with E-state index >= 15 is 0 Å². The Kier molecular flexibility index (Phi) is 5.29. The van der Waals surface area contributed by atoms with Gasteiger partial charge < -0.3 is 15.7 Å². The van der Waals surface area contributed by atoms with Gasteiger partial charge in [0.2, 0.25) is 0 Å². The SMILES string of the molecule is Cc1cnccc1NC(=O)NC[C@@H](O)Cc1ccccc1. The van der Waals surface area contributed by atoms with Gasteiger partial charge in [-0.3, -0.25) is 4.98 Å². The van der Waals surface area contributed by atoms with Gasteiger partial charge in [-0.05, 0) is 24.1 Å². The van der Waals surface area contributed by atoms with E-state index in [2.05, 4.69) is 15.6 Å². The number of amides is 2. The largest absolute Gasteiger partial charge is 0.391 e. The van der Waals surface area contributed by atoms with Crippen LogP contribution in [0.25, 0.3) is 0 Å². The van der Waals surface area contributed by atoms with Gasteiger partial charge in [0.1, 0.15) is 0 Å². The van der Waals surface area contributed by atoms with E-state index in [1.54, 1.807) is 18.5 Å². The van der Waals surface area contributed by atoms with E-state index in [0.29, 0.717) is 12.1 Å². The van der Waals surface area contributed by atoms with Gasteiger partial charge in [0.25, 0.3) is 0 Å². The van der Waals surface area contributed by atoms with Gasteiger partial charge >= 0.3 is 6.03 Å². The molecule has 1 aromatic carbocycles. The average molecular weight is 285 g/mol. The number of carbonyl (C=O) groups excluding carboxylic acids is 1. The van der Waals surface area contributed by atoms with Crippen LogP contribution in [-0.4, -0.2) is 28.8 Å². The first-order valence-electron chi connectivity index (χ1n) is 6.82. The predicted octanol–water partition coefficient (Wildman–Crippen LogP) is 2.12. The molecule has 0 aliphatic rings. The number of aromatic nitrogens is 1. The highest BCUT2D eigenvalue weighted by atomic mass is 16.3. The van der Waals surface area contributed by atoms with Crippen molar-refractivity contribution in [3.63, 3.8) is 0 Å². The summed E-state index contributed by atoms with van der Waals surface area (Å²) in [5.74, 6) is 0. The number of nitrogens with zero attached hydrogens (tertiary/aromatic N) is 1. The molecule has 0 bridgehead atoms. The Labute approximate surface area is 124 Å². The number of urea groups is 1. The molecule has 0 radical (unpaired) electrons. The minimum Gasteiger partial charge on any atom is -0.391 e. The van der Waals surface area contributed by atoms with E-state index in [1.807, 2.05) is 37.3 Å². The second-order valence-electron chi connectivity index (χ2n) is 4.87. The van der Waals surface area contributed by atoms with Gasteiger partial charge in [0, 0.05) is 31.0 Å². The Bertz CT molecular complexity index is 587. The standard InChI is InChI=1S/C16H19N3O2/c1-12-10-17-8-7-15(12)19-16(21)18-11-14(20)9-13-5-3-2-4-6-13/h2-8,10,14,20H,9,11H2,1H3,(H2,17,18,19,21)/t14-/m0/s1. The van der Waals surface area contributed by atoms with Crippen molar-refractivity contribution in [2.75, 3.05) is 11.9 Å². The molecule has 2 aromatic rings. The molecular formula is C16H19N3O2. The number of hydrogen-bond acceptors (Lipinski definition) is 3. The first kappa shape index (κ1) is 15.0. The van der Waals surface area contributed by atoms with Crippen molar-refractivity contribution in [2.24, 2.45) is 0 Å². The molecule has 1 atom stereocenters. The maximum atomic E-state index is 11.8. The lowest BCUT2D eigenvalue weighted by Crippen LogP contribution is -2.36. The first-order chi connectivity index (χ1) is 10.1. The molecule has 1 heterocycles. The second kappa shape index (κ2) is 7.40. The average Bonchev–Trinajstić information content (AvgIpc) is 2.49. The molecule has 2 amide bonds. The van der Waals surface area contributed by atoms with Crippen molar-refractivity contribution in [3.8, 4) is 0 Å². The molecule has 5 nitrogen and oxygen atoms in total. The van der Waals surface area contributed by atoms with E-state index < -0.39 is 6.10 Å². The van der Waals surface area contributed by atoms with Crippen LogP contribution in [0.15, 0.2) is 48.8 Å². The molecule has 21 heavy (non-hydrogen) atoms. The highest BCUT2D eigenvalue weighted by molar-refractivity contribution is 5.89. The number of hydrogen-bond donors (Lipinski definition) is 3. The zero-order chi connectivity index (χ0) is 15.1. The van der Waals surface area contributed by atoms with Crippen molar-refractivity contribution >= 4 is 11.7 Å². The van der Waals surface area contributed by atoms with Crippen molar-refractivity contribution in [1.29, 1.82) is 0 Å². The van der Waals surface area contributed by atoms with Crippen LogP contribution in [0.5, 0.6) is 0 Å². The summed E-state index contributed by atoms with van der Waals surface area (Å²) >= 11 is 0. The molecule has 0 saturated carbocycles. The number of aliphatic hydroxyl groups is 1. The number of aryl methyl sites for hydroxylation is 1. The van der Waals surface area contributed by atoms with Gasteiger partial charge in [-0.2, -0.15) is 0 Å². The monoisotopic (exact) mass is 285 g/mol. The Hall–Kier alpha value is -2.40. The summed E-state index contributed by atoms with van der Waals surface area (Å²) in [6.45, 7) is 2.07. The maximum Gasteiger partial charge on any atom is 0.319 e. The zero-order valence-corrected chi connectivity index (χ0v) is 11.9. The van der Waals surface area contributed by atoms with E-state index in [1.165, 1.54) is 0 Å². The van der Waals surface area contributed by atoms with Gasteiger partial charge in [-0.25, -0.2) is 4.79 Å². The molecule has 0 aliphatic carbocycles. The van der Waals surface area contributed by atoms with Crippen molar-refractivity contribution < 1.29 is 9.90 Å². The molecule has 1 aromatic heterocycles. The molecule has 0 unspecified atom stereocenters. The Morgan fingerprint density at radius 2 is 2.05 bits per heavy atom. The van der Waals surface area contributed by atoms with Crippen LogP contribution in [0.1, 0.15) is 11.1 Å². The van der Waals surface area contributed by atoms with Crippen LogP contribution in [0.2, 0.25) is 0 Å². The summed E-state index contributed by atoms with van der Waals surface area (Å²) in [4.78, 5) is 15.7. The lowest BCUT2D eigenvalue weighted by Gasteiger charge is -2.13. The van der Waals surface area contributed by atoms with Crippen LogP contribution in [0, 0.1) is 6.92 Å². The van der Waals surface area contributed by atoms with Crippen LogP contribution in [-0.2, 0) is 6.42 Å². The third kappa shape index (κ3) is 4.89. The highest BCUT2D eigenvalue weighted by Crippen LogP contribution is 2.11.